The van der Waals surface area contributed by atoms with Crippen molar-refractivity contribution >= 4 is 129 Å². The molecule has 16 heteroatoms. The van der Waals surface area contributed by atoms with E-state index in [1.165, 1.54) is 40.6 Å². The normalized spacial score (nSPS) is 14.3. The molecule has 48 heavy (non-hydrogen) atoms. The highest BCUT2D eigenvalue weighted by Crippen LogP contribution is 2.64. The molecule has 0 unspecified atom stereocenters. The number of carbonyl (C=O) groups excluding carboxylic acids is 4. The van der Waals surface area contributed by atoms with Gasteiger partial charge in [-0.1, -0.05) is 47.0 Å². The predicted molar refractivity (Wildman–Crippen MR) is 211 cm³/mol. The summed E-state index contributed by atoms with van der Waals surface area (Å²) in [5.74, 6) is -2.50. The number of rotatable bonds is 11. The first-order valence-electron chi connectivity index (χ1n) is 13.6. The maximum Gasteiger partial charge on any atom is 0.337 e. The molecule has 0 aromatic heterocycles. The molecule has 2 heterocycles. The van der Waals surface area contributed by atoms with Crippen LogP contribution in [0.2, 0.25) is 0 Å². The average molecular weight is 799 g/mol. The zero-order valence-electron chi connectivity index (χ0n) is 27.0. The van der Waals surface area contributed by atoms with Gasteiger partial charge in [0.2, 0.25) is 0 Å². The van der Waals surface area contributed by atoms with Crippen LogP contribution in [0.4, 0.5) is 0 Å². The van der Waals surface area contributed by atoms with Crippen LogP contribution in [0.25, 0.3) is 11.1 Å². The standard InChI is InChI=1S/C32H30O8S8/c1-37-23(33)17-9-15(10-18(13-17)24(34)38-2)21(27-45-29(41-5)30(42-6)46-27)22(28-47-31(43-7)32(44-8)48-28)16-11-19(25(35)39-3)14-20(12-16)26(36)40-4/h9-14H,1-8H3. The van der Waals surface area contributed by atoms with Gasteiger partial charge in [0.15, 0.2) is 0 Å². The average Bonchev–Trinajstić information content (AvgIpc) is 3.75. The van der Waals surface area contributed by atoms with E-state index in [0.717, 1.165) is 25.4 Å². The largest absolute Gasteiger partial charge is 0.465 e. The fourth-order valence-electron chi connectivity index (χ4n) is 4.46. The van der Waals surface area contributed by atoms with E-state index < -0.39 is 23.9 Å². The van der Waals surface area contributed by atoms with E-state index in [0.29, 0.717) is 22.3 Å². The highest BCUT2D eigenvalue weighted by Gasteiger charge is 2.33. The van der Waals surface area contributed by atoms with Crippen molar-refractivity contribution in [2.45, 2.75) is 0 Å². The minimum atomic E-state index is -0.624. The van der Waals surface area contributed by atoms with Crippen molar-refractivity contribution in [3.63, 3.8) is 0 Å². The molecule has 2 aromatic carbocycles. The summed E-state index contributed by atoms with van der Waals surface area (Å²) in [6.45, 7) is 0. The third kappa shape index (κ3) is 8.50. The minimum absolute atomic E-state index is 0.159. The predicted octanol–water partition coefficient (Wildman–Crippen LogP) is 9.54. The van der Waals surface area contributed by atoms with Gasteiger partial charge in [0.1, 0.15) is 0 Å². The lowest BCUT2D eigenvalue weighted by Gasteiger charge is -2.21. The van der Waals surface area contributed by atoms with Gasteiger partial charge in [-0.2, -0.15) is 0 Å². The fourth-order valence-corrected chi connectivity index (χ4v) is 14.7. The van der Waals surface area contributed by atoms with Crippen LogP contribution >= 0.6 is 94.1 Å². The third-order valence-corrected chi connectivity index (χ3v) is 17.1. The topological polar surface area (TPSA) is 105 Å². The van der Waals surface area contributed by atoms with E-state index in [4.69, 9.17) is 18.9 Å². The number of benzene rings is 2. The molecule has 254 valence electrons. The SMILES string of the molecule is COC(=O)c1cc(C(=O)OC)cc(C(=C2SC(SC)=C(SC)S2)C(=C2SC(SC)=C(SC)S2)c2cc(C(=O)OC)cc(C(=O)OC)c2)c1. The van der Waals surface area contributed by atoms with Crippen molar-refractivity contribution < 1.29 is 38.1 Å². The summed E-state index contributed by atoms with van der Waals surface area (Å²) < 4.78 is 26.5. The first-order chi connectivity index (χ1) is 23.1. The second-order valence-corrected chi connectivity index (χ2v) is 18.2. The van der Waals surface area contributed by atoms with Gasteiger partial charge in [0.25, 0.3) is 0 Å². The number of carbonyl (C=O) groups is 4. The Morgan fingerprint density at radius 2 is 0.625 bits per heavy atom. The molecule has 2 aliphatic heterocycles. The van der Waals surface area contributed by atoms with Crippen LogP contribution in [-0.4, -0.2) is 77.3 Å². The number of methoxy groups -OCH3 is 4. The van der Waals surface area contributed by atoms with Crippen LogP contribution in [0.5, 0.6) is 0 Å². The lowest BCUT2D eigenvalue weighted by molar-refractivity contribution is 0.0581. The smallest absolute Gasteiger partial charge is 0.337 e. The van der Waals surface area contributed by atoms with Gasteiger partial charge in [-0.05, 0) is 72.5 Å². The van der Waals surface area contributed by atoms with Gasteiger partial charge in [0.05, 0.1) is 76.1 Å². The van der Waals surface area contributed by atoms with Gasteiger partial charge in [-0.3, -0.25) is 0 Å². The molecule has 4 rings (SSSR count). The Kier molecular flexibility index (Phi) is 14.4. The van der Waals surface area contributed by atoms with Gasteiger partial charge >= 0.3 is 23.9 Å². The van der Waals surface area contributed by atoms with Crippen molar-refractivity contribution in [1.82, 2.24) is 0 Å². The summed E-state index contributed by atoms with van der Waals surface area (Å²) >= 11 is 12.8. The molecule has 0 atom stereocenters. The molecule has 0 radical (unpaired) electrons. The van der Waals surface area contributed by atoms with E-state index in [1.807, 2.05) is 25.0 Å². The first kappa shape index (κ1) is 38.9. The van der Waals surface area contributed by atoms with Gasteiger partial charge in [-0.15, -0.1) is 47.0 Å². The maximum atomic E-state index is 13.0. The second kappa shape index (κ2) is 17.8. The monoisotopic (exact) mass is 798 g/mol. The van der Waals surface area contributed by atoms with Crippen LogP contribution in [0.1, 0.15) is 52.6 Å². The molecule has 0 saturated heterocycles. The summed E-state index contributed by atoms with van der Waals surface area (Å²) in [5, 5.41) is 0. The number of allylic oxidation sites excluding steroid dienone is 2. The lowest BCUT2D eigenvalue weighted by Crippen LogP contribution is -2.10. The number of thioether (sulfide) groups is 8. The molecule has 0 bridgehead atoms. The second-order valence-electron chi connectivity index (χ2n) is 9.26. The van der Waals surface area contributed by atoms with E-state index in [-0.39, 0.29) is 22.3 Å². The van der Waals surface area contributed by atoms with E-state index in [1.54, 1.807) is 118 Å². The molecule has 8 nitrogen and oxygen atoms in total. The molecular weight excluding hydrogens is 769 g/mol. The van der Waals surface area contributed by atoms with Gasteiger partial charge < -0.3 is 18.9 Å². The van der Waals surface area contributed by atoms with Gasteiger partial charge in [0, 0.05) is 11.1 Å². The number of ether oxygens (including phenoxy) is 4. The summed E-state index contributed by atoms with van der Waals surface area (Å²) in [6.07, 6.45) is 8.05. The highest BCUT2D eigenvalue weighted by molar-refractivity contribution is 8.41. The van der Waals surface area contributed by atoms with Crippen LogP contribution in [0.15, 0.2) is 61.8 Å². The quantitative estimate of drug-likeness (QED) is 0.159. The zero-order chi connectivity index (χ0) is 35.1. The molecule has 0 aliphatic carbocycles. The van der Waals surface area contributed by atoms with E-state index in [2.05, 4.69) is 0 Å². The van der Waals surface area contributed by atoms with Crippen LogP contribution in [0, 0.1) is 0 Å². The fraction of sp³-hybridized carbons (Fsp3) is 0.250. The number of esters is 4. The number of hydrogen-bond donors (Lipinski definition) is 0. The summed E-state index contributed by atoms with van der Waals surface area (Å²) in [6, 6.07) is 9.63. The molecule has 0 spiro atoms. The van der Waals surface area contributed by atoms with Crippen molar-refractivity contribution in [2.75, 3.05) is 53.5 Å². The highest BCUT2D eigenvalue weighted by atomic mass is 32.3. The Morgan fingerprint density at radius 3 is 0.812 bits per heavy atom. The zero-order valence-corrected chi connectivity index (χ0v) is 33.5. The van der Waals surface area contributed by atoms with Crippen molar-refractivity contribution in [1.29, 1.82) is 0 Å². The van der Waals surface area contributed by atoms with Crippen LogP contribution in [-0.2, 0) is 18.9 Å². The summed E-state index contributed by atoms with van der Waals surface area (Å²) in [5.41, 5.74) is 3.13. The summed E-state index contributed by atoms with van der Waals surface area (Å²) in [7, 11) is 5.11. The maximum absolute atomic E-state index is 13.0. The van der Waals surface area contributed by atoms with E-state index >= 15 is 0 Å². The molecule has 0 fully saturated rings. The van der Waals surface area contributed by atoms with Crippen LogP contribution in [0.3, 0.4) is 0 Å². The Morgan fingerprint density at radius 1 is 0.417 bits per heavy atom. The third-order valence-electron chi connectivity index (χ3n) is 6.60. The summed E-state index contributed by atoms with van der Waals surface area (Å²) in [4.78, 5) is 51.9. The molecule has 0 saturated carbocycles. The van der Waals surface area contributed by atoms with Crippen molar-refractivity contribution in [3.8, 4) is 0 Å². The Bertz CT molecular complexity index is 1560. The minimum Gasteiger partial charge on any atom is -0.465 e. The molecule has 2 aliphatic rings. The van der Waals surface area contributed by atoms with Crippen molar-refractivity contribution in [3.05, 3.63) is 95.2 Å². The molecule has 2 aromatic rings. The molecule has 0 amide bonds. The van der Waals surface area contributed by atoms with Crippen molar-refractivity contribution in [2.24, 2.45) is 0 Å². The Labute approximate surface area is 313 Å². The Hall–Kier alpha value is -1.92. The number of hydrogen-bond acceptors (Lipinski definition) is 16. The lowest BCUT2D eigenvalue weighted by atomic mass is 9.90. The van der Waals surface area contributed by atoms with E-state index in [9.17, 15) is 19.2 Å². The Balaban J connectivity index is 2.20. The molecule has 0 N–H and O–H groups in total. The van der Waals surface area contributed by atoms with Crippen LogP contribution < -0.4 is 0 Å². The molecular formula is C32H30O8S8. The first-order valence-corrected chi connectivity index (χ1v) is 21.7. The van der Waals surface area contributed by atoms with Gasteiger partial charge in [-0.25, -0.2) is 19.2 Å².